The summed E-state index contributed by atoms with van der Waals surface area (Å²) < 4.78 is 25.8. The van der Waals surface area contributed by atoms with Crippen LogP contribution in [0.25, 0.3) is 11.0 Å². The first-order valence-electron chi connectivity index (χ1n) is 12.4. The van der Waals surface area contributed by atoms with E-state index in [1.165, 1.54) is 11.6 Å². The highest BCUT2D eigenvalue weighted by Crippen LogP contribution is 2.28. The van der Waals surface area contributed by atoms with Crippen LogP contribution in [0.2, 0.25) is 0 Å². The Morgan fingerprint density at radius 3 is 2.52 bits per heavy atom. The molecule has 0 aliphatic rings. The summed E-state index contributed by atoms with van der Waals surface area (Å²) in [6, 6.07) is 23.2. The maximum absolute atomic E-state index is 11.9. The van der Waals surface area contributed by atoms with E-state index in [1.807, 2.05) is 60.0 Å². The second kappa shape index (κ2) is 11.9. The standard InChI is InChI=1S/C28H30N8O2S.ClH/c1-19-9-10-21(17-25(19)39(29,37)38)32-27-30-16-14-26(34-27)35(2)22-11-12-24-23(18-22)33-28(36(24)3)31-15-13-20-7-5-4-6-8-20;/h4-12,14,16-18H,13,15H2,1-3H3,(H,31,33)(H2,29,37,38)(H,30,32,34);1H. The molecule has 208 valence electrons. The van der Waals surface area contributed by atoms with Crippen molar-refractivity contribution < 1.29 is 8.42 Å². The van der Waals surface area contributed by atoms with Gasteiger partial charge in [-0.25, -0.2) is 23.5 Å². The van der Waals surface area contributed by atoms with Crippen LogP contribution in [0.15, 0.2) is 83.9 Å². The lowest BCUT2D eigenvalue weighted by atomic mass is 10.1. The van der Waals surface area contributed by atoms with E-state index in [4.69, 9.17) is 10.1 Å². The van der Waals surface area contributed by atoms with Crippen LogP contribution >= 0.6 is 12.4 Å². The normalized spacial score (nSPS) is 11.2. The van der Waals surface area contributed by atoms with Gasteiger partial charge in [0.2, 0.25) is 21.9 Å². The van der Waals surface area contributed by atoms with Crippen LogP contribution in [-0.2, 0) is 23.5 Å². The maximum atomic E-state index is 11.9. The number of aryl methyl sites for hydroxylation is 2. The summed E-state index contributed by atoms with van der Waals surface area (Å²) in [6.07, 6.45) is 2.55. The summed E-state index contributed by atoms with van der Waals surface area (Å²) in [5, 5.41) is 11.9. The van der Waals surface area contributed by atoms with Gasteiger partial charge in [-0.2, -0.15) is 4.98 Å². The number of hydrogen-bond donors (Lipinski definition) is 3. The van der Waals surface area contributed by atoms with Crippen LogP contribution in [0.3, 0.4) is 0 Å². The lowest BCUT2D eigenvalue weighted by Gasteiger charge is -2.19. The van der Waals surface area contributed by atoms with E-state index < -0.39 is 10.0 Å². The molecular weight excluding hydrogens is 548 g/mol. The van der Waals surface area contributed by atoms with E-state index in [0.717, 1.165) is 35.6 Å². The maximum Gasteiger partial charge on any atom is 0.238 e. The van der Waals surface area contributed by atoms with Gasteiger partial charge in [0.05, 0.1) is 15.9 Å². The Morgan fingerprint density at radius 1 is 1.00 bits per heavy atom. The molecule has 40 heavy (non-hydrogen) atoms. The zero-order chi connectivity index (χ0) is 27.6. The zero-order valence-electron chi connectivity index (χ0n) is 22.4. The molecule has 0 aliphatic carbocycles. The van der Waals surface area contributed by atoms with Crippen molar-refractivity contribution in [1.29, 1.82) is 0 Å². The molecule has 2 heterocycles. The fourth-order valence-electron chi connectivity index (χ4n) is 4.36. The van der Waals surface area contributed by atoms with Crippen LogP contribution in [-0.4, -0.2) is 41.5 Å². The van der Waals surface area contributed by atoms with Crippen LogP contribution in [0, 0.1) is 6.92 Å². The average molecular weight is 579 g/mol. The number of fused-ring (bicyclic) bond motifs is 1. The predicted molar refractivity (Wildman–Crippen MR) is 163 cm³/mol. The van der Waals surface area contributed by atoms with Crippen LogP contribution in [0.4, 0.5) is 29.1 Å². The number of hydrogen-bond acceptors (Lipinski definition) is 8. The smallest absolute Gasteiger partial charge is 0.238 e. The van der Waals surface area contributed by atoms with Crippen molar-refractivity contribution >= 4 is 62.6 Å². The van der Waals surface area contributed by atoms with E-state index in [2.05, 4.69) is 32.7 Å². The third-order valence-corrected chi connectivity index (χ3v) is 7.58. The largest absolute Gasteiger partial charge is 0.355 e. The third kappa shape index (κ3) is 6.33. The van der Waals surface area contributed by atoms with Crippen molar-refractivity contribution in [3.05, 3.63) is 90.1 Å². The molecule has 10 nitrogen and oxygen atoms in total. The van der Waals surface area contributed by atoms with E-state index in [0.29, 0.717) is 23.0 Å². The quantitative estimate of drug-likeness (QED) is 0.225. The molecule has 5 rings (SSSR count). The molecule has 12 heteroatoms. The Balaban J connectivity index is 0.00000370. The van der Waals surface area contributed by atoms with Crippen molar-refractivity contribution in [1.82, 2.24) is 19.5 Å². The van der Waals surface area contributed by atoms with E-state index in [9.17, 15) is 8.42 Å². The van der Waals surface area contributed by atoms with E-state index in [-0.39, 0.29) is 17.3 Å². The topological polar surface area (TPSA) is 131 Å². The fraction of sp³-hybridized carbons (Fsp3) is 0.179. The van der Waals surface area contributed by atoms with Gasteiger partial charge in [0.15, 0.2) is 0 Å². The number of primary sulfonamides is 1. The highest BCUT2D eigenvalue weighted by Gasteiger charge is 2.14. The molecule has 0 fully saturated rings. The molecular formula is C28H31ClN8O2S. The van der Waals surface area contributed by atoms with Crippen molar-refractivity contribution in [2.45, 2.75) is 18.2 Å². The van der Waals surface area contributed by atoms with Gasteiger partial charge < -0.3 is 20.1 Å². The Morgan fingerprint density at radius 2 is 1.77 bits per heavy atom. The molecule has 0 saturated heterocycles. The highest BCUT2D eigenvalue weighted by atomic mass is 35.5. The molecule has 2 aromatic heterocycles. The van der Waals surface area contributed by atoms with Crippen molar-refractivity contribution in [3.63, 3.8) is 0 Å². The number of imidazole rings is 1. The Bertz CT molecular complexity index is 1740. The minimum atomic E-state index is -3.84. The molecule has 0 radical (unpaired) electrons. The Hall–Kier alpha value is -4.19. The monoisotopic (exact) mass is 578 g/mol. The number of benzene rings is 3. The summed E-state index contributed by atoms with van der Waals surface area (Å²) in [4.78, 5) is 15.7. The molecule has 0 bridgehead atoms. The second-order valence-corrected chi connectivity index (χ2v) is 10.8. The van der Waals surface area contributed by atoms with Gasteiger partial charge in [-0.15, -0.1) is 12.4 Å². The number of halogens is 1. The SMILES string of the molecule is Cc1ccc(Nc2nccc(N(C)c3ccc4c(c3)nc(NCCc3ccccc3)n4C)n2)cc1S(N)(=O)=O.Cl. The fourth-order valence-corrected chi connectivity index (χ4v) is 5.17. The number of sulfonamides is 1. The second-order valence-electron chi connectivity index (χ2n) is 9.28. The number of nitrogens with one attached hydrogen (secondary N) is 2. The predicted octanol–water partition coefficient (Wildman–Crippen LogP) is 4.91. The van der Waals surface area contributed by atoms with Gasteiger partial charge >= 0.3 is 0 Å². The Kier molecular flexibility index (Phi) is 8.58. The van der Waals surface area contributed by atoms with Crippen LogP contribution in [0.1, 0.15) is 11.1 Å². The van der Waals surface area contributed by atoms with Crippen molar-refractivity contribution in [3.8, 4) is 0 Å². The molecule has 5 aromatic rings. The summed E-state index contributed by atoms with van der Waals surface area (Å²) in [6.45, 7) is 2.47. The number of rotatable bonds is 9. The molecule has 0 saturated carbocycles. The summed E-state index contributed by atoms with van der Waals surface area (Å²) in [5.41, 5.74) is 5.16. The minimum Gasteiger partial charge on any atom is -0.355 e. The summed E-state index contributed by atoms with van der Waals surface area (Å²) >= 11 is 0. The van der Waals surface area contributed by atoms with E-state index in [1.54, 1.807) is 31.3 Å². The van der Waals surface area contributed by atoms with Gasteiger partial charge in [-0.05, 0) is 60.9 Å². The van der Waals surface area contributed by atoms with E-state index >= 15 is 0 Å². The molecule has 4 N–H and O–H groups in total. The molecule has 0 amide bonds. The molecule has 0 aliphatic heterocycles. The molecule has 3 aromatic carbocycles. The molecule has 0 atom stereocenters. The van der Waals surface area contributed by atoms with Gasteiger partial charge in [0.1, 0.15) is 5.82 Å². The lowest BCUT2D eigenvalue weighted by molar-refractivity contribution is 0.597. The van der Waals surface area contributed by atoms with Crippen LogP contribution in [0.5, 0.6) is 0 Å². The summed E-state index contributed by atoms with van der Waals surface area (Å²) in [7, 11) is 0.0705. The van der Waals surface area contributed by atoms with Crippen molar-refractivity contribution in [2.24, 2.45) is 12.2 Å². The first-order chi connectivity index (χ1) is 18.7. The first-order valence-corrected chi connectivity index (χ1v) is 14.0. The Labute approximate surface area is 239 Å². The van der Waals surface area contributed by atoms with Gasteiger partial charge in [-0.1, -0.05) is 36.4 Å². The number of nitrogens with two attached hydrogens (primary N) is 1. The number of aromatic nitrogens is 4. The summed E-state index contributed by atoms with van der Waals surface area (Å²) in [5.74, 6) is 1.79. The lowest BCUT2D eigenvalue weighted by Crippen LogP contribution is -2.14. The molecule has 0 unspecified atom stereocenters. The zero-order valence-corrected chi connectivity index (χ0v) is 24.0. The average Bonchev–Trinajstić information content (AvgIpc) is 3.24. The first kappa shape index (κ1) is 28.8. The molecule has 0 spiro atoms. The van der Waals surface area contributed by atoms with Gasteiger partial charge in [-0.3, -0.25) is 0 Å². The number of nitrogens with zero attached hydrogens (tertiary/aromatic N) is 5. The highest BCUT2D eigenvalue weighted by molar-refractivity contribution is 7.89. The van der Waals surface area contributed by atoms with Crippen molar-refractivity contribution in [2.75, 3.05) is 29.1 Å². The number of anilines is 5. The minimum absolute atomic E-state index is 0. The van der Waals surface area contributed by atoms with Gasteiger partial charge in [0.25, 0.3) is 0 Å². The van der Waals surface area contributed by atoms with Gasteiger partial charge in [0, 0.05) is 38.2 Å². The van der Waals surface area contributed by atoms with Crippen LogP contribution < -0.4 is 20.7 Å². The third-order valence-electron chi connectivity index (χ3n) is 6.53.